The van der Waals surface area contributed by atoms with Gasteiger partial charge in [-0.3, -0.25) is 9.59 Å². The maximum Gasteiger partial charge on any atom is 0.261 e. The van der Waals surface area contributed by atoms with Gasteiger partial charge < -0.3 is 15.4 Å². The molecule has 1 aromatic heterocycles. The molecule has 0 spiro atoms. The largest absolute Gasteiger partial charge is 0.374 e. The Morgan fingerprint density at radius 2 is 1.81 bits per heavy atom. The second-order valence-corrected chi connectivity index (χ2v) is 8.97. The lowest BCUT2D eigenvalue weighted by Gasteiger charge is -2.12. The molecular weight excluding hydrogens is 451 g/mol. The molecule has 0 saturated heterocycles. The van der Waals surface area contributed by atoms with Crippen LogP contribution in [0.3, 0.4) is 0 Å². The molecule has 8 heteroatoms. The summed E-state index contributed by atoms with van der Waals surface area (Å²) in [7, 11) is 0. The molecular formula is C24H24ClFN2O3S. The zero-order chi connectivity index (χ0) is 23.3. The van der Waals surface area contributed by atoms with Gasteiger partial charge in [0.1, 0.15) is 5.82 Å². The SMILES string of the molecule is Cc1cc(NC(=O)c2ccc(F)cc2Cl)sc1C(=O)NCc1ccccc1COC(C)C. The number of aryl methyl sites for hydroxylation is 1. The van der Waals surface area contributed by atoms with Crippen LogP contribution >= 0.6 is 22.9 Å². The van der Waals surface area contributed by atoms with E-state index in [1.54, 1.807) is 13.0 Å². The smallest absolute Gasteiger partial charge is 0.261 e. The Morgan fingerprint density at radius 3 is 2.50 bits per heavy atom. The fourth-order valence-electron chi connectivity index (χ4n) is 3.00. The monoisotopic (exact) mass is 474 g/mol. The van der Waals surface area contributed by atoms with E-state index in [1.165, 1.54) is 23.5 Å². The summed E-state index contributed by atoms with van der Waals surface area (Å²) >= 11 is 7.13. The zero-order valence-electron chi connectivity index (χ0n) is 18.0. The van der Waals surface area contributed by atoms with E-state index in [0.717, 1.165) is 22.8 Å². The lowest BCUT2D eigenvalue weighted by Crippen LogP contribution is -2.23. The van der Waals surface area contributed by atoms with Crippen LogP contribution in [0.25, 0.3) is 0 Å². The van der Waals surface area contributed by atoms with Crippen LogP contribution in [0.2, 0.25) is 5.02 Å². The zero-order valence-corrected chi connectivity index (χ0v) is 19.6. The molecule has 32 heavy (non-hydrogen) atoms. The summed E-state index contributed by atoms with van der Waals surface area (Å²) in [6, 6.07) is 13.1. The number of hydrogen-bond acceptors (Lipinski definition) is 4. The van der Waals surface area contributed by atoms with Gasteiger partial charge in [0, 0.05) is 6.54 Å². The normalized spacial score (nSPS) is 10.9. The summed E-state index contributed by atoms with van der Waals surface area (Å²) in [5.41, 5.74) is 2.90. The van der Waals surface area contributed by atoms with Crippen LogP contribution in [0.15, 0.2) is 48.5 Å². The number of nitrogens with one attached hydrogen (secondary N) is 2. The number of amides is 2. The van der Waals surface area contributed by atoms with Crippen LogP contribution < -0.4 is 10.6 Å². The molecule has 1 heterocycles. The summed E-state index contributed by atoms with van der Waals surface area (Å²) in [5.74, 6) is -1.22. The van der Waals surface area contributed by atoms with Crippen molar-refractivity contribution in [3.63, 3.8) is 0 Å². The molecule has 0 saturated carbocycles. The summed E-state index contributed by atoms with van der Waals surface area (Å²) in [6.07, 6.45) is 0.116. The number of benzene rings is 2. The summed E-state index contributed by atoms with van der Waals surface area (Å²) < 4.78 is 18.9. The molecule has 0 aliphatic heterocycles. The number of thiophene rings is 1. The van der Waals surface area contributed by atoms with Crippen molar-refractivity contribution < 1.29 is 18.7 Å². The third-order valence-corrected chi connectivity index (χ3v) is 6.13. The van der Waals surface area contributed by atoms with Crippen LogP contribution in [0.4, 0.5) is 9.39 Å². The average Bonchev–Trinajstić information content (AvgIpc) is 3.10. The molecule has 5 nitrogen and oxygen atoms in total. The minimum Gasteiger partial charge on any atom is -0.374 e. The lowest BCUT2D eigenvalue weighted by atomic mass is 10.1. The highest BCUT2D eigenvalue weighted by atomic mass is 35.5. The molecule has 0 aliphatic rings. The van der Waals surface area contributed by atoms with E-state index in [0.29, 0.717) is 23.0 Å². The molecule has 0 fully saturated rings. The Hall–Kier alpha value is -2.74. The molecule has 0 aliphatic carbocycles. The van der Waals surface area contributed by atoms with Gasteiger partial charge in [-0.2, -0.15) is 0 Å². The molecule has 0 bridgehead atoms. The predicted molar refractivity (Wildman–Crippen MR) is 126 cm³/mol. The van der Waals surface area contributed by atoms with Crippen molar-refractivity contribution in [3.8, 4) is 0 Å². The van der Waals surface area contributed by atoms with Gasteiger partial charge in [0.05, 0.1) is 33.2 Å². The molecule has 3 aromatic rings. The van der Waals surface area contributed by atoms with E-state index >= 15 is 0 Å². The van der Waals surface area contributed by atoms with E-state index in [4.69, 9.17) is 16.3 Å². The van der Waals surface area contributed by atoms with Crippen LogP contribution in [0.1, 0.15) is 50.6 Å². The number of ether oxygens (including phenoxy) is 1. The van der Waals surface area contributed by atoms with Gasteiger partial charge in [-0.1, -0.05) is 35.9 Å². The van der Waals surface area contributed by atoms with Crippen LogP contribution in [-0.4, -0.2) is 17.9 Å². The van der Waals surface area contributed by atoms with Gasteiger partial charge in [-0.05, 0) is 61.7 Å². The van der Waals surface area contributed by atoms with Crippen molar-refractivity contribution in [2.75, 3.05) is 5.32 Å². The number of hydrogen-bond donors (Lipinski definition) is 2. The topological polar surface area (TPSA) is 67.4 Å². The first-order chi connectivity index (χ1) is 15.2. The quantitative estimate of drug-likeness (QED) is 0.423. The fraction of sp³-hybridized carbons (Fsp3) is 0.250. The van der Waals surface area contributed by atoms with Crippen molar-refractivity contribution in [1.29, 1.82) is 0 Å². The lowest BCUT2D eigenvalue weighted by molar-refractivity contribution is 0.0651. The van der Waals surface area contributed by atoms with Crippen molar-refractivity contribution >= 4 is 39.8 Å². The third kappa shape index (κ3) is 6.16. The first-order valence-electron chi connectivity index (χ1n) is 10.1. The van der Waals surface area contributed by atoms with Crippen molar-refractivity contribution in [2.45, 2.75) is 40.0 Å². The second kappa shape index (κ2) is 10.7. The molecule has 2 N–H and O–H groups in total. The minimum absolute atomic E-state index is 0.0221. The van der Waals surface area contributed by atoms with Gasteiger partial charge in [0.15, 0.2) is 0 Å². The molecule has 3 rings (SSSR count). The van der Waals surface area contributed by atoms with Gasteiger partial charge in [-0.25, -0.2) is 4.39 Å². The van der Waals surface area contributed by atoms with E-state index in [2.05, 4.69) is 10.6 Å². The number of halogens is 2. The fourth-order valence-corrected chi connectivity index (χ4v) is 4.24. The summed E-state index contributed by atoms with van der Waals surface area (Å²) in [6.45, 7) is 6.59. The van der Waals surface area contributed by atoms with E-state index in [-0.39, 0.29) is 22.6 Å². The highest BCUT2D eigenvalue weighted by molar-refractivity contribution is 7.18. The molecule has 2 amide bonds. The Labute approximate surface area is 195 Å². The number of carbonyl (C=O) groups excluding carboxylic acids is 2. The first kappa shape index (κ1) is 23.9. The predicted octanol–water partition coefficient (Wildman–Crippen LogP) is 5.96. The Bertz CT molecular complexity index is 1130. The van der Waals surface area contributed by atoms with Gasteiger partial charge in [-0.15, -0.1) is 11.3 Å². The molecule has 168 valence electrons. The van der Waals surface area contributed by atoms with Crippen LogP contribution in [0, 0.1) is 12.7 Å². The molecule has 0 radical (unpaired) electrons. The highest BCUT2D eigenvalue weighted by Gasteiger charge is 2.17. The molecule has 2 aromatic carbocycles. The van der Waals surface area contributed by atoms with Gasteiger partial charge in [0.2, 0.25) is 0 Å². The standard InChI is InChI=1S/C24H24ClFN2O3S/c1-14(2)31-13-17-7-5-4-6-16(17)12-27-24(30)22-15(3)10-21(32-22)28-23(29)19-9-8-18(26)11-20(19)25/h4-11,14H,12-13H2,1-3H3,(H,27,30)(H,28,29). The van der Waals surface area contributed by atoms with Crippen LogP contribution in [-0.2, 0) is 17.9 Å². The maximum absolute atomic E-state index is 13.2. The summed E-state index contributed by atoms with van der Waals surface area (Å²) in [4.78, 5) is 25.7. The van der Waals surface area contributed by atoms with E-state index < -0.39 is 11.7 Å². The van der Waals surface area contributed by atoms with Crippen molar-refractivity contribution in [2.24, 2.45) is 0 Å². The Morgan fingerprint density at radius 1 is 1.09 bits per heavy atom. The Balaban J connectivity index is 1.66. The number of rotatable bonds is 8. The van der Waals surface area contributed by atoms with Crippen molar-refractivity contribution in [3.05, 3.63) is 86.5 Å². The molecule has 0 atom stereocenters. The van der Waals surface area contributed by atoms with Crippen molar-refractivity contribution in [1.82, 2.24) is 5.32 Å². The Kier molecular flexibility index (Phi) is 8.01. The number of anilines is 1. The second-order valence-electron chi connectivity index (χ2n) is 7.51. The highest BCUT2D eigenvalue weighted by Crippen LogP contribution is 2.28. The van der Waals surface area contributed by atoms with Crippen LogP contribution in [0.5, 0.6) is 0 Å². The minimum atomic E-state index is -0.519. The molecule has 0 unspecified atom stereocenters. The van der Waals surface area contributed by atoms with Gasteiger partial charge in [0.25, 0.3) is 11.8 Å². The summed E-state index contributed by atoms with van der Waals surface area (Å²) in [5, 5.41) is 6.18. The van der Waals surface area contributed by atoms with Gasteiger partial charge >= 0.3 is 0 Å². The number of carbonyl (C=O) groups is 2. The van der Waals surface area contributed by atoms with E-state index in [9.17, 15) is 14.0 Å². The van der Waals surface area contributed by atoms with E-state index in [1.807, 2.05) is 38.1 Å². The first-order valence-corrected chi connectivity index (χ1v) is 11.3. The third-order valence-electron chi connectivity index (χ3n) is 4.67. The average molecular weight is 475 g/mol. The maximum atomic E-state index is 13.2.